The van der Waals surface area contributed by atoms with E-state index in [1.165, 1.54) is 11.6 Å². The van der Waals surface area contributed by atoms with Crippen LogP contribution in [0.2, 0.25) is 0 Å². The Hall–Kier alpha value is -2.59. The highest BCUT2D eigenvalue weighted by Gasteiger charge is 2.08. The van der Waals surface area contributed by atoms with E-state index in [9.17, 15) is 9.90 Å². The molecule has 4 heteroatoms. The summed E-state index contributed by atoms with van der Waals surface area (Å²) in [5.41, 5.74) is 2.87. The highest BCUT2D eigenvalue weighted by molar-refractivity contribution is 5.91. The first-order valence-electron chi connectivity index (χ1n) is 7.43. The van der Waals surface area contributed by atoms with E-state index < -0.39 is 6.10 Å². The van der Waals surface area contributed by atoms with Gasteiger partial charge in [-0.2, -0.15) is 0 Å². The van der Waals surface area contributed by atoms with Crippen molar-refractivity contribution in [2.75, 3.05) is 13.7 Å². The number of carbonyl (C=O) groups excluding carboxylic acids is 1. The van der Waals surface area contributed by atoms with Crippen LogP contribution in [0.5, 0.6) is 5.75 Å². The molecule has 4 nitrogen and oxygen atoms in total. The average molecular weight is 311 g/mol. The van der Waals surface area contributed by atoms with Gasteiger partial charge in [0.1, 0.15) is 5.75 Å². The summed E-state index contributed by atoms with van der Waals surface area (Å²) in [5, 5.41) is 12.8. The summed E-state index contributed by atoms with van der Waals surface area (Å²) in [4.78, 5) is 11.8. The minimum absolute atomic E-state index is 0.156. The second kappa shape index (κ2) is 8.15. The summed E-state index contributed by atoms with van der Waals surface area (Å²) < 4.78 is 5.07. The van der Waals surface area contributed by atoms with Crippen LogP contribution in [0.3, 0.4) is 0 Å². The Morgan fingerprint density at radius 3 is 2.43 bits per heavy atom. The molecular formula is C19H21NO3. The first kappa shape index (κ1) is 16.8. The van der Waals surface area contributed by atoms with Crippen LogP contribution in [0.4, 0.5) is 0 Å². The molecule has 0 aliphatic heterocycles. The van der Waals surface area contributed by atoms with Crippen LogP contribution in [-0.4, -0.2) is 24.7 Å². The number of benzene rings is 2. The monoisotopic (exact) mass is 311 g/mol. The third-order valence-corrected chi connectivity index (χ3v) is 3.47. The number of hydrogen-bond acceptors (Lipinski definition) is 3. The molecule has 0 spiro atoms. The molecule has 0 radical (unpaired) electrons. The molecular weight excluding hydrogens is 290 g/mol. The lowest BCUT2D eigenvalue weighted by Crippen LogP contribution is -2.26. The van der Waals surface area contributed by atoms with E-state index in [1.807, 2.05) is 31.2 Å². The maximum atomic E-state index is 11.8. The second-order valence-corrected chi connectivity index (χ2v) is 5.28. The molecule has 23 heavy (non-hydrogen) atoms. The number of carbonyl (C=O) groups is 1. The van der Waals surface area contributed by atoms with Gasteiger partial charge in [-0.1, -0.05) is 42.0 Å². The summed E-state index contributed by atoms with van der Waals surface area (Å²) in [6, 6.07) is 15.0. The van der Waals surface area contributed by atoms with Gasteiger partial charge in [0.25, 0.3) is 0 Å². The van der Waals surface area contributed by atoms with Gasteiger partial charge in [0, 0.05) is 12.6 Å². The van der Waals surface area contributed by atoms with Crippen LogP contribution in [0.15, 0.2) is 54.6 Å². The van der Waals surface area contributed by atoms with E-state index in [4.69, 9.17) is 4.74 Å². The van der Waals surface area contributed by atoms with Gasteiger partial charge < -0.3 is 15.2 Å². The van der Waals surface area contributed by atoms with Crippen molar-refractivity contribution in [1.82, 2.24) is 5.32 Å². The fourth-order valence-corrected chi connectivity index (χ4v) is 2.05. The molecule has 2 aromatic rings. The van der Waals surface area contributed by atoms with Crippen molar-refractivity contribution in [3.8, 4) is 5.75 Å². The van der Waals surface area contributed by atoms with Crippen molar-refractivity contribution in [3.05, 3.63) is 71.3 Å². The number of aryl methyl sites for hydroxylation is 1. The fraction of sp³-hybridized carbons (Fsp3) is 0.211. The summed E-state index contributed by atoms with van der Waals surface area (Å²) in [5.74, 6) is 0.490. The Labute approximate surface area is 136 Å². The summed E-state index contributed by atoms with van der Waals surface area (Å²) in [6.45, 7) is 2.17. The van der Waals surface area contributed by atoms with Crippen LogP contribution in [-0.2, 0) is 4.79 Å². The first-order valence-corrected chi connectivity index (χ1v) is 7.43. The quantitative estimate of drug-likeness (QED) is 0.807. The predicted octanol–water partition coefficient (Wildman–Crippen LogP) is 2.87. The molecule has 1 amide bonds. The zero-order valence-corrected chi connectivity index (χ0v) is 13.3. The molecule has 0 saturated heterocycles. The highest BCUT2D eigenvalue weighted by atomic mass is 16.5. The van der Waals surface area contributed by atoms with Crippen molar-refractivity contribution >= 4 is 12.0 Å². The third-order valence-electron chi connectivity index (χ3n) is 3.47. The standard InChI is InChI=1S/C19H21NO3/c1-14-3-5-15(6-4-14)7-12-19(22)20-13-18(21)16-8-10-17(23-2)11-9-16/h3-12,18,21H,13H2,1-2H3,(H,20,22)/b12-7+. The smallest absolute Gasteiger partial charge is 0.244 e. The van der Waals surface area contributed by atoms with Crippen LogP contribution in [0.1, 0.15) is 22.8 Å². The van der Waals surface area contributed by atoms with E-state index in [-0.39, 0.29) is 12.5 Å². The summed E-state index contributed by atoms with van der Waals surface area (Å²) in [6.07, 6.45) is 2.46. The maximum absolute atomic E-state index is 11.8. The Balaban J connectivity index is 1.84. The predicted molar refractivity (Wildman–Crippen MR) is 91.2 cm³/mol. The van der Waals surface area contributed by atoms with Crippen LogP contribution < -0.4 is 10.1 Å². The van der Waals surface area contributed by atoms with Gasteiger partial charge in [-0.15, -0.1) is 0 Å². The Kier molecular flexibility index (Phi) is 5.94. The number of nitrogens with one attached hydrogen (secondary N) is 1. The van der Waals surface area contributed by atoms with E-state index in [0.717, 1.165) is 16.9 Å². The van der Waals surface area contributed by atoms with Gasteiger partial charge in [0.2, 0.25) is 5.91 Å². The van der Waals surface area contributed by atoms with Crippen molar-refractivity contribution in [3.63, 3.8) is 0 Å². The van der Waals surface area contributed by atoms with Crippen LogP contribution in [0.25, 0.3) is 6.08 Å². The second-order valence-electron chi connectivity index (χ2n) is 5.28. The van der Waals surface area contributed by atoms with Crippen LogP contribution >= 0.6 is 0 Å². The first-order chi connectivity index (χ1) is 11.1. The topological polar surface area (TPSA) is 58.6 Å². The van der Waals surface area contributed by atoms with Gasteiger partial charge in [0.15, 0.2) is 0 Å². The summed E-state index contributed by atoms with van der Waals surface area (Å²) in [7, 11) is 1.59. The molecule has 2 N–H and O–H groups in total. The molecule has 0 aromatic heterocycles. The molecule has 0 bridgehead atoms. The normalized spacial score (nSPS) is 12.1. The molecule has 0 saturated carbocycles. The molecule has 0 aliphatic carbocycles. The van der Waals surface area contributed by atoms with Gasteiger partial charge in [-0.3, -0.25) is 4.79 Å². The maximum Gasteiger partial charge on any atom is 0.244 e. The van der Waals surface area contributed by atoms with E-state index >= 15 is 0 Å². The molecule has 120 valence electrons. The Morgan fingerprint density at radius 2 is 1.83 bits per heavy atom. The summed E-state index contributed by atoms with van der Waals surface area (Å²) >= 11 is 0. The molecule has 2 rings (SSSR count). The van der Waals surface area contributed by atoms with E-state index in [0.29, 0.717) is 0 Å². The molecule has 1 atom stereocenters. The number of aliphatic hydroxyl groups is 1. The Bertz CT molecular complexity index is 660. The number of hydrogen-bond donors (Lipinski definition) is 2. The Morgan fingerprint density at radius 1 is 1.17 bits per heavy atom. The number of rotatable bonds is 6. The van der Waals surface area contributed by atoms with Crippen molar-refractivity contribution < 1.29 is 14.6 Å². The molecule has 1 unspecified atom stereocenters. The highest BCUT2D eigenvalue weighted by Crippen LogP contribution is 2.16. The molecule has 0 heterocycles. The lowest BCUT2D eigenvalue weighted by molar-refractivity contribution is -0.116. The van der Waals surface area contributed by atoms with Gasteiger partial charge in [-0.05, 0) is 36.3 Å². The average Bonchev–Trinajstić information content (AvgIpc) is 2.59. The number of ether oxygens (including phenoxy) is 1. The lowest BCUT2D eigenvalue weighted by Gasteiger charge is -2.11. The molecule has 0 aliphatic rings. The molecule has 0 fully saturated rings. The van der Waals surface area contributed by atoms with Crippen molar-refractivity contribution in [2.45, 2.75) is 13.0 Å². The zero-order valence-electron chi connectivity index (χ0n) is 13.3. The van der Waals surface area contributed by atoms with Crippen molar-refractivity contribution in [1.29, 1.82) is 0 Å². The SMILES string of the molecule is COc1ccc(C(O)CNC(=O)/C=C/c2ccc(C)cc2)cc1. The zero-order chi connectivity index (χ0) is 16.7. The number of amides is 1. The van der Waals surface area contributed by atoms with Crippen molar-refractivity contribution in [2.24, 2.45) is 0 Å². The number of methoxy groups -OCH3 is 1. The number of aliphatic hydroxyl groups excluding tert-OH is 1. The largest absolute Gasteiger partial charge is 0.497 e. The van der Waals surface area contributed by atoms with Gasteiger partial charge >= 0.3 is 0 Å². The third kappa shape index (κ3) is 5.27. The fourth-order valence-electron chi connectivity index (χ4n) is 2.05. The minimum atomic E-state index is -0.752. The molecule has 2 aromatic carbocycles. The van der Waals surface area contributed by atoms with E-state index in [2.05, 4.69) is 5.32 Å². The lowest BCUT2D eigenvalue weighted by atomic mass is 10.1. The van der Waals surface area contributed by atoms with E-state index in [1.54, 1.807) is 37.5 Å². The minimum Gasteiger partial charge on any atom is -0.497 e. The van der Waals surface area contributed by atoms with Crippen LogP contribution in [0, 0.1) is 6.92 Å². The van der Waals surface area contributed by atoms with Gasteiger partial charge in [-0.25, -0.2) is 0 Å². The van der Waals surface area contributed by atoms with Gasteiger partial charge in [0.05, 0.1) is 13.2 Å².